The van der Waals surface area contributed by atoms with Crippen molar-refractivity contribution in [2.24, 2.45) is 11.1 Å². The van der Waals surface area contributed by atoms with Gasteiger partial charge >= 0.3 is 6.03 Å². The maximum Gasteiger partial charge on any atom is 0.318 e. The lowest BCUT2D eigenvalue weighted by Crippen LogP contribution is -2.51. The molecule has 4 rings (SSSR count). The first-order valence-electron chi connectivity index (χ1n) is 14.1. The summed E-state index contributed by atoms with van der Waals surface area (Å²) in [4.78, 5) is 20.4. The summed E-state index contributed by atoms with van der Waals surface area (Å²) in [6, 6.07) is 11.3. The van der Waals surface area contributed by atoms with Gasteiger partial charge in [0.1, 0.15) is 24.1 Å². The maximum atomic E-state index is 14.9. The number of alkyl halides is 1. The van der Waals surface area contributed by atoms with Crippen molar-refractivity contribution in [2.45, 2.75) is 64.7 Å². The highest BCUT2D eigenvalue weighted by Crippen LogP contribution is 2.39. The van der Waals surface area contributed by atoms with Gasteiger partial charge in [0, 0.05) is 50.1 Å². The molecule has 41 heavy (non-hydrogen) atoms. The van der Waals surface area contributed by atoms with E-state index in [1.54, 1.807) is 11.1 Å². The number of nitrogens with two attached hydrogens (primary N) is 1. The number of hydrogen-bond donors (Lipinski definition) is 2. The van der Waals surface area contributed by atoms with Gasteiger partial charge in [-0.1, -0.05) is 51.1 Å². The third-order valence-corrected chi connectivity index (χ3v) is 7.33. The number of rotatable bonds is 10. The Kier molecular flexibility index (Phi) is 10.1. The second kappa shape index (κ2) is 13.5. The molecule has 0 bridgehead atoms. The lowest BCUT2D eigenvalue weighted by atomic mass is 9.84. The van der Waals surface area contributed by atoms with E-state index < -0.39 is 35.8 Å². The molecule has 0 radical (unpaired) electrons. The first kappa shape index (κ1) is 30.6. The minimum atomic E-state index is -0.727. The van der Waals surface area contributed by atoms with Crippen LogP contribution in [-0.2, 0) is 11.3 Å². The van der Waals surface area contributed by atoms with Crippen molar-refractivity contribution in [1.82, 2.24) is 19.8 Å². The van der Waals surface area contributed by atoms with Gasteiger partial charge in [0.2, 0.25) is 0 Å². The molecule has 3 aromatic rings. The van der Waals surface area contributed by atoms with Crippen molar-refractivity contribution in [3.05, 3.63) is 77.8 Å². The number of amides is 2. The number of nitrogens with zero attached hydrogens (tertiary/aromatic N) is 3. The van der Waals surface area contributed by atoms with Crippen LogP contribution in [0.25, 0.3) is 11.3 Å². The molecule has 2 aromatic carbocycles. The Balaban J connectivity index is 1.82. The van der Waals surface area contributed by atoms with Crippen LogP contribution in [0.3, 0.4) is 0 Å². The summed E-state index contributed by atoms with van der Waals surface area (Å²) >= 11 is 0. The largest absolute Gasteiger partial charge is 0.381 e. The van der Waals surface area contributed by atoms with Gasteiger partial charge in [-0.15, -0.1) is 0 Å². The summed E-state index contributed by atoms with van der Waals surface area (Å²) in [5.74, 6) is -0.667. The van der Waals surface area contributed by atoms with Gasteiger partial charge in [-0.05, 0) is 48.4 Å². The van der Waals surface area contributed by atoms with E-state index in [9.17, 15) is 18.0 Å². The maximum absolute atomic E-state index is 14.9. The van der Waals surface area contributed by atoms with Crippen molar-refractivity contribution in [2.75, 3.05) is 26.4 Å². The van der Waals surface area contributed by atoms with Gasteiger partial charge in [0.15, 0.2) is 0 Å². The van der Waals surface area contributed by atoms with Crippen LogP contribution in [0.15, 0.2) is 54.7 Å². The topological polar surface area (TPSA) is 85.4 Å². The van der Waals surface area contributed by atoms with Gasteiger partial charge in [-0.3, -0.25) is 0 Å². The second-order valence-corrected chi connectivity index (χ2v) is 11.7. The number of benzene rings is 2. The number of hydrogen-bond acceptors (Lipinski definition) is 4. The molecule has 2 amide bonds. The number of carbonyl (C=O) groups excluding carboxylic acids is 1. The van der Waals surface area contributed by atoms with E-state index in [4.69, 9.17) is 15.5 Å². The highest BCUT2D eigenvalue weighted by Gasteiger charge is 2.39. The first-order valence-corrected chi connectivity index (χ1v) is 14.1. The summed E-state index contributed by atoms with van der Waals surface area (Å²) in [6.07, 6.45) is 3.32. The fourth-order valence-electron chi connectivity index (χ4n) is 5.20. The monoisotopic (exact) mass is 571 g/mol. The molecule has 7 nitrogen and oxygen atoms in total. The molecule has 222 valence electrons. The third-order valence-electron chi connectivity index (χ3n) is 7.33. The van der Waals surface area contributed by atoms with Crippen LogP contribution in [-0.4, -0.2) is 59.0 Å². The fraction of sp³-hybridized carbons (Fsp3) is 0.484. The van der Waals surface area contributed by atoms with Crippen molar-refractivity contribution >= 4 is 6.03 Å². The number of imidazole rings is 1. The molecule has 1 saturated heterocycles. The number of halogens is 3. The normalized spacial score (nSPS) is 15.9. The number of aromatic nitrogens is 2. The Morgan fingerprint density at radius 3 is 2.54 bits per heavy atom. The third kappa shape index (κ3) is 7.89. The molecule has 0 aliphatic carbocycles. The molecule has 0 saturated carbocycles. The summed E-state index contributed by atoms with van der Waals surface area (Å²) < 4.78 is 49.8. The van der Waals surface area contributed by atoms with Gasteiger partial charge in [0.05, 0.1) is 11.7 Å². The molecule has 1 aliphatic heterocycles. The van der Waals surface area contributed by atoms with E-state index >= 15 is 0 Å². The zero-order valence-electron chi connectivity index (χ0n) is 24.0. The van der Waals surface area contributed by atoms with Crippen molar-refractivity contribution in [3.8, 4) is 11.3 Å². The standard InChI is InChI=1S/C31H40F3N5O2/c1-31(2,3)28(39(14-11-23(35)18-32)30(40)36-24-12-15-41-16-13-24)29-37-27(25-17-22(33)9-10-26(25)34)20-38(29)19-21-7-5-4-6-8-21/h4-10,17,20,23-24,28H,11-16,18-19,35H2,1-3H3,(H,36,40). The van der Waals surface area contributed by atoms with Crippen LogP contribution in [0.2, 0.25) is 0 Å². The van der Waals surface area contributed by atoms with Gasteiger partial charge in [0.25, 0.3) is 0 Å². The molecular weight excluding hydrogens is 531 g/mol. The Morgan fingerprint density at radius 1 is 1.17 bits per heavy atom. The molecule has 2 heterocycles. The highest BCUT2D eigenvalue weighted by atomic mass is 19.1. The Morgan fingerprint density at radius 2 is 1.88 bits per heavy atom. The van der Waals surface area contributed by atoms with E-state index in [0.717, 1.165) is 23.8 Å². The lowest BCUT2D eigenvalue weighted by molar-refractivity contribution is 0.0706. The molecule has 1 aromatic heterocycles. The molecule has 1 aliphatic rings. The van der Waals surface area contributed by atoms with Crippen molar-refractivity contribution in [3.63, 3.8) is 0 Å². The summed E-state index contributed by atoms with van der Waals surface area (Å²) in [6.45, 7) is 6.97. The van der Waals surface area contributed by atoms with E-state index in [1.165, 1.54) is 0 Å². The van der Waals surface area contributed by atoms with Crippen LogP contribution < -0.4 is 11.1 Å². The molecule has 10 heteroatoms. The first-order chi connectivity index (χ1) is 19.6. The number of urea groups is 1. The van der Waals surface area contributed by atoms with Gasteiger partial charge < -0.3 is 25.3 Å². The summed E-state index contributed by atoms with van der Waals surface area (Å²) in [5, 5.41) is 3.13. The van der Waals surface area contributed by atoms with Crippen molar-refractivity contribution in [1.29, 1.82) is 0 Å². The zero-order chi connectivity index (χ0) is 29.6. The van der Waals surface area contributed by atoms with Crippen LogP contribution in [0.5, 0.6) is 0 Å². The number of nitrogens with one attached hydrogen (secondary N) is 1. The lowest BCUT2D eigenvalue weighted by Gasteiger charge is -2.41. The molecule has 2 unspecified atom stereocenters. The molecule has 2 atom stereocenters. The van der Waals surface area contributed by atoms with Crippen LogP contribution in [0.4, 0.5) is 18.0 Å². The van der Waals surface area contributed by atoms with E-state index in [1.807, 2.05) is 55.7 Å². The van der Waals surface area contributed by atoms with Crippen LogP contribution in [0.1, 0.15) is 57.5 Å². The highest BCUT2D eigenvalue weighted by molar-refractivity contribution is 5.75. The molecule has 1 fully saturated rings. The Hall–Kier alpha value is -3.37. The van der Waals surface area contributed by atoms with Crippen LogP contribution >= 0.6 is 0 Å². The molecule has 3 N–H and O–H groups in total. The second-order valence-electron chi connectivity index (χ2n) is 11.7. The smallest absolute Gasteiger partial charge is 0.318 e. The predicted molar refractivity (Wildman–Crippen MR) is 153 cm³/mol. The fourth-order valence-corrected chi connectivity index (χ4v) is 5.20. The molecular formula is C31H40F3N5O2. The van der Waals surface area contributed by atoms with Crippen LogP contribution in [0, 0.1) is 17.0 Å². The minimum Gasteiger partial charge on any atom is -0.381 e. The van der Waals surface area contributed by atoms with Gasteiger partial charge in [-0.2, -0.15) is 0 Å². The van der Waals surface area contributed by atoms with E-state index in [2.05, 4.69) is 5.32 Å². The van der Waals surface area contributed by atoms with Gasteiger partial charge in [-0.25, -0.2) is 22.9 Å². The zero-order valence-corrected chi connectivity index (χ0v) is 24.0. The average Bonchev–Trinajstić information content (AvgIpc) is 3.34. The summed E-state index contributed by atoms with van der Waals surface area (Å²) in [5.41, 5.74) is 6.66. The number of carbonyl (C=O) groups is 1. The Bertz CT molecular complexity index is 1290. The minimum absolute atomic E-state index is 0.0309. The predicted octanol–water partition coefficient (Wildman–Crippen LogP) is 5.84. The van der Waals surface area contributed by atoms with E-state index in [-0.39, 0.29) is 36.3 Å². The molecule has 0 spiro atoms. The van der Waals surface area contributed by atoms with E-state index in [0.29, 0.717) is 38.4 Å². The summed E-state index contributed by atoms with van der Waals surface area (Å²) in [7, 11) is 0. The quantitative estimate of drug-likeness (QED) is 0.320. The Labute approximate surface area is 239 Å². The SMILES string of the molecule is CC(C)(C)C(c1nc(-c2cc(F)ccc2F)cn1Cc1ccccc1)N(CCC(N)CF)C(=O)NC1CCOCC1. The number of ether oxygens (including phenoxy) is 1. The van der Waals surface area contributed by atoms with Crippen molar-refractivity contribution < 1.29 is 22.7 Å². The average molecular weight is 572 g/mol.